The lowest BCUT2D eigenvalue weighted by Crippen LogP contribution is -2.29. The van der Waals surface area contributed by atoms with Crippen LogP contribution in [0.25, 0.3) is 0 Å². The number of anilines is 2. The highest BCUT2D eigenvalue weighted by Gasteiger charge is 2.31. The number of hydrogen-bond acceptors (Lipinski definition) is 7. The molecule has 24 heavy (non-hydrogen) atoms. The Balaban J connectivity index is 2.38. The van der Waals surface area contributed by atoms with Crippen molar-refractivity contribution in [3.8, 4) is 0 Å². The summed E-state index contributed by atoms with van der Waals surface area (Å²) in [5.74, 6) is 0.260. The van der Waals surface area contributed by atoms with Crippen LogP contribution in [0.2, 0.25) is 0 Å². The fourth-order valence-corrected chi connectivity index (χ4v) is 2.78. The first-order valence-corrected chi connectivity index (χ1v) is 7.94. The topological polar surface area (TPSA) is 112 Å². The van der Waals surface area contributed by atoms with Crippen LogP contribution in [0.15, 0.2) is 35.3 Å². The maximum atomic E-state index is 9.22. The van der Waals surface area contributed by atoms with E-state index in [4.69, 9.17) is 15.6 Å². The minimum absolute atomic E-state index is 0.0117. The van der Waals surface area contributed by atoms with E-state index in [-0.39, 0.29) is 32.3 Å². The number of aliphatic imine (C=N–C) groups is 1. The van der Waals surface area contributed by atoms with Gasteiger partial charge in [0.05, 0.1) is 32.3 Å². The number of nitrogens with zero attached hydrogens (tertiary/aromatic N) is 2. The molecular formula is C17H25N3O4. The molecule has 1 fully saturated rings. The first-order chi connectivity index (χ1) is 11.6. The predicted molar refractivity (Wildman–Crippen MR) is 94.5 cm³/mol. The molecule has 0 amide bonds. The lowest BCUT2D eigenvalue weighted by Gasteiger charge is -2.25. The molecule has 1 atom stereocenters. The molecule has 0 radical (unpaired) electrons. The second-order valence-corrected chi connectivity index (χ2v) is 5.57. The second kappa shape index (κ2) is 8.68. The molecule has 0 aromatic heterocycles. The van der Waals surface area contributed by atoms with Crippen LogP contribution in [0, 0.1) is 0 Å². The Hall–Kier alpha value is -2.09. The zero-order valence-corrected chi connectivity index (χ0v) is 13.7. The van der Waals surface area contributed by atoms with Crippen molar-refractivity contribution in [1.82, 2.24) is 0 Å². The summed E-state index contributed by atoms with van der Waals surface area (Å²) >= 11 is 0. The van der Waals surface area contributed by atoms with Crippen molar-refractivity contribution in [2.75, 3.05) is 56.7 Å². The van der Waals surface area contributed by atoms with Crippen molar-refractivity contribution in [3.05, 3.63) is 35.9 Å². The van der Waals surface area contributed by atoms with Gasteiger partial charge in [-0.15, -0.1) is 0 Å². The van der Waals surface area contributed by atoms with Gasteiger partial charge in [0.1, 0.15) is 6.61 Å². The minimum Gasteiger partial charge on any atom is -0.476 e. The molecule has 1 aliphatic heterocycles. The summed E-state index contributed by atoms with van der Waals surface area (Å²) in [5.41, 5.74) is 9.28. The summed E-state index contributed by atoms with van der Waals surface area (Å²) in [5, 5.41) is 27.4. The van der Waals surface area contributed by atoms with Crippen LogP contribution in [0.4, 0.5) is 11.4 Å². The third kappa shape index (κ3) is 4.05. The van der Waals surface area contributed by atoms with Crippen molar-refractivity contribution < 1.29 is 20.1 Å². The van der Waals surface area contributed by atoms with Crippen LogP contribution in [0.1, 0.15) is 11.5 Å². The number of nitrogens with two attached hydrogens (primary N) is 1. The highest BCUT2D eigenvalue weighted by atomic mass is 16.5. The Morgan fingerprint density at radius 3 is 2.54 bits per heavy atom. The van der Waals surface area contributed by atoms with Gasteiger partial charge in [-0.25, -0.2) is 0 Å². The number of hydrogen-bond donors (Lipinski definition) is 4. The predicted octanol–water partition coefficient (Wildman–Crippen LogP) is 0.121. The van der Waals surface area contributed by atoms with Gasteiger partial charge in [0.15, 0.2) is 5.90 Å². The summed E-state index contributed by atoms with van der Waals surface area (Å²) < 4.78 is 5.57. The van der Waals surface area contributed by atoms with Gasteiger partial charge in [-0.3, -0.25) is 4.99 Å². The Morgan fingerprint density at radius 1 is 1.21 bits per heavy atom. The van der Waals surface area contributed by atoms with E-state index < -0.39 is 0 Å². The third-order valence-electron chi connectivity index (χ3n) is 3.91. The summed E-state index contributed by atoms with van der Waals surface area (Å²) in [7, 11) is 0. The van der Waals surface area contributed by atoms with Crippen LogP contribution in [-0.4, -0.2) is 67.3 Å². The average molecular weight is 335 g/mol. The molecule has 5 N–H and O–H groups in total. The van der Waals surface area contributed by atoms with Crippen LogP contribution in [0.5, 0.6) is 0 Å². The molecule has 1 aromatic carbocycles. The smallest absolute Gasteiger partial charge is 0.195 e. The molecular weight excluding hydrogens is 310 g/mol. The fourth-order valence-electron chi connectivity index (χ4n) is 2.78. The van der Waals surface area contributed by atoms with E-state index in [2.05, 4.69) is 11.6 Å². The van der Waals surface area contributed by atoms with Gasteiger partial charge in [0, 0.05) is 24.5 Å². The maximum Gasteiger partial charge on any atom is 0.195 e. The van der Waals surface area contributed by atoms with E-state index in [0.29, 0.717) is 31.3 Å². The second-order valence-electron chi connectivity index (χ2n) is 5.57. The lowest BCUT2D eigenvalue weighted by atomic mass is 9.92. The van der Waals surface area contributed by atoms with E-state index in [1.807, 2.05) is 17.0 Å². The summed E-state index contributed by atoms with van der Waals surface area (Å²) in [6.45, 7) is 5.43. The van der Waals surface area contributed by atoms with Crippen molar-refractivity contribution in [2.45, 2.75) is 5.92 Å². The molecule has 1 unspecified atom stereocenters. The van der Waals surface area contributed by atoms with Gasteiger partial charge in [-0.1, -0.05) is 6.58 Å². The molecule has 1 saturated heterocycles. The molecule has 132 valence electrons. The van der Waals surface area contributed by atoms with Crippen molar-refractivity contribution >= 4 is 17.3 Å². The van der Waals surface area contributed by atoms with Gasteiger partial charge >= 0.3 is 0 Å². The van der Waals surface area contributed by atoms with Crippen LogP contribution in [-0.2, 0) is 4.74 Å². The van der Waals surface area contributed by atoms with Crippen molar-refractivity contribution in [2.24, 2.45) is 4.99 Å². The molecule has 1 aromatic rings. The number of aliphatic hydroxyl groups is 3. The SMILES string of the molecule is C=C1COC(=NCCO)C1c1cc(N(CCO)CCO)ccc1N. The van der Waals surface area contributed by atoms with Gasteiger partial charge in [-0.05, 0) is 29.3 Å². The zero-order chi connectivity index (χ0) is 17.5. The summed E-state index contributed by atoms with van der Waals surface area (Å²) in [6, 6.07) is 5.56. The molecule has 1 heterocycles. The van der Waals surface area contributed by atoms with Gasteiger partial charge in [0.25, 0.3) is 0 Å². The fraction of sp³-hybridized carbons (Fsp3) is 0.471. The summed E-state index contributed by atoms with van der Waals surface area (Å²) in [6.07, 6.45) is 0. The normalized spacial score (nSPS) is 18.9. The quantitative estimate of drug-likeness (QED) is 0.397. The standard InChI is InChI=1S/C17H25N3O4/c1-12-11-24-17(19-4-7-21)16(12)14-10-13(2-3-15(14)18)20(5-8-22)6-9-23/h2-3,10,16,21-23H,1,4-9,11,18H2. The van der Waals surface area contributed by atoms with Crippen LogP contribution in [0.3, 0.4) is 0 Å². The first kappa shape index (κ1) is 18.3. The minimum atomic E-state index is -0.249. The van der Waals surface area contributed by atoms with Gasteiger partial charge < -0.3 is 30.7 Å². The van der Waals surface area contributed by atoms with E-state index in [9.17, 15) is 10.2 Å². The third-order valence-corrected chi connectivity index (χ3v) is 3.91. The molecule has 0 saturated carbocycles. The van der Waals surface area contributed by atoms with E-state index in [0.717, 1.165) is 16.8 Å². The number of nitrogen functional groups attached to an aromatic ring is 1. The first-order valence-electron chi connectivity index (χ1n) is 7.94. The van der Waals surface area contributed by atoms with E-state index in [1.54, 1.807) is 6.07 Å². The molecule has 0 aliphatic carbocycles. The lowest BCUT2D eigenvalue weighted by molar-refractivity contribution is 0.281. The molecule has 1 aliphatic rings. The molecule has 7 heteroatoms. The highest BCUT2D eigenvalue weighted by Crippen LogP contribution is 2.36. The average Bonchev–Trinajstić information content (AvgIpc) is 2.94. The summed E-state index contributed by atoms with van der Waals surface area (Å²) in [4.78, 5) is 6.15. The molecule has 0 spiro atoms. The van der Waals surface area contributed by atoms with Crippen LogP contribution < -0.4 is 10.6 Å². The maximum absolute atomic E-state index is 9.22. The number of aliphatic hydroxyl groups excluding tert-OH is 3. The largest absolute Gasteiger partial charge is 0.476 e. The highest BCUT2D eigenvalue weighted by molar-refractivity contribution is 5.91. The Kier molecular flexibility index (Phi) is 6.60. The monoisotopic (exact) mass is 335 g/mol. The molecule has 2 rings (SSSR count). The number of rotatable bonds is 8. The number of ether oxygens (including phenoxy) is 1. The number of benzene rings is 1. The molecule has 7 nitrogen and oxygen atoms in total. The molecule has 0 bridgehead atoms. The van der Waals surface area contributed by atoms with Crippen molar-refractivity contribution in [1.29, 1.82) is 0 Å². The Labute approximate surface area is 141 Å². The van der Waals surface area contributed by atoms with Gasteiger partial charge in [-0.2, -0.15) is 0 Å². The zero-order valence-electron chi connectivity index (χ0n) is 13.7. The van der Waals surface area contributed by atoms with Crippen LogP contribution >= 0.6 is 0 Å². The Morgan fingerprint density at radius 2 is 1.92 bits per heavy atom. The van der Waals surface area contributed by atoms with Crippen molar-refractivity contribution in [3.63, 3.8) is 0 Å². The van der Waals surface area contributed by atoms with E-state index in [1.165, 1.54) is 0 Å². The Bertz CT molecular complexity index is 597. The van der Waals surface area contributed by atoms with E-state index >= 15 is 0 Å². The van der Waals surface area contributed by atoms with Gasteiger partial charge in [0.2, 0.25) is 0 Å².